The van der Waals surface area contributed by atoms with Crippen molar-refractivity contribution in [3.63, 3.8) is 0 Å². The molecule has 0 aliphatic carbocycles. The van der Waals surface area contributed by atoms with Crippen molar-refractivity contribution >= 4 is 16.8 Å². The number of nitrogens with zero attached hydrogens (tertiary/aromatic N) is 2. The van der Waals surface area contributed by atoms with E-state index in [1.165, 1.54) is 16.8 Å². The van der Waals surface area contributed by atoms with Crippen LogP contribution >= 0.6 is 8.53 Å². The topological polar surface area (TPSA) is 113 Å². The van der Waals surface area contributed by atoms with Gasteiger partial charge in [-0.05, 0) is 74.7 Å². The molecule has 11 nitrogen and oxygen atoms in total. The van der Waals surface area contributed by atoms with Crippen LogP contribution in [0, 0.1) is 0 Å². The summed E-state index contributed by atoms with van der Waals surface area (Å²) in [4.78, 5) is 28.2. The third-order valence-corrected chi connectivity index (χ3v) is 17.1. The van der Waals surface area contributed by atoms with Crippen LogP contribution in [-0.2, 0) is 28.5 Å². The molecule has 1 aliphatic rings. The Bertz CT molecular complexity index is 1890. The van der Waals surface area contributed by atoms with Crippen molar-refractivity contribution in [2.45, 2.75) is 109 Å². The maximum atomic E-state index is 13.5. The summed E-state index contributed by atoms with van der Waals surface area (Å²) in [6.45, 7) is 19.3. The van der Waals surface area contributed by atoms with E-state index in [0.29, 0.717) is 0 Å². The second kappa shape index (κ2) is 17.8. The first-order valence-corrected chi connectivity index (χ1v) is 22.9. The summed E-state index contributed by atoms with van der Waals surface area (Å²) in [6, 6.07) is 29.6. The normalized spacial score (nSPS) is 20.0. The van der Waals surface area contributed by atoms with Gasteiger partial charge in [-0.2, -0.15) is 0 Å². The van der Waals surface area contributed by atoms with Crippen LogP contribution in [0.5, 0.6) is 5.75 Å². The van der Waals surface area contributed by atoms with Crippen LogP contribution in [-0.4, -0.2) is 73.8 Å². The van der Waals surface area contributed by atoms with Crippen LogP contribution in [0.3, 0.4) is 0 Å². The summed E-state index contributed by atoms with van der Waals surface area (Å²) >= 11 is 0. The molecule has 0 amide bonds. The van der Waals surface area contributed by atoms with Crippen LogP contribution in [0.2, 0.25) is 18.1 Å². The summed E-state index contributed by atoms with van der Waals surface area (Å²) in [5.41, 5.74) is 0.496. The average molecular weight is 792 g/mol. The molecule has 1 unspecified atom stereocenters. The minimum absolute atomic E-state index is 0.0305. The molecule has 0 saturated carbocycles. The van der Waals surface area contributed by atoms with Gasteiger partial charge in [-0.15, -0.1) is 0 Å². The number of methoxy groups -OCH3 is 1. The Morgan fingerprint density at radius 2 is 1.36 bits per heavy atom. The zero-order valence-electron chi connectivity index (χ0n) is 34.0. The van der Waals surface area contributed by atoms with Crippen LogP contribution in [0.15, 0.2) is 107 Å². The van der Waals surface area contributed by atoms with Gasteiger partial charge in [-0.25, -0.2) is 9.46 Å². The van der Waals surface area contributed by atoms with Crippen molar-refractivity contribution in [1.82, 2.24) is 14.2 Å². The summed E-state index contributed by atoms with van der Waals surface area (Å²) in [6.07, 6.45) is -1.80. The fraction of sp³-hybridized carbons (Fsp3) is 0.476. The first-order chi connectivity index (χ1) is 26.0. The summed E-state index contributed by atoms with van der Waals surface area (Å²) < 4.78 is 43.9. The van der Waals surface area contributed by atoms with Gasteiger partial charge in [0.05, 0.1) is 13.7 Å². The van der Waals surface area contributed by atoms with Crippen molar-refractivity contribution in [3.8, 4) is 5.75 Å². The molecule has 3 aromatic carbocycles. The van der Waals surface area contributed by atoms with E-state index >= 15 is 0 Å². The second-order valence-electron chi connectivity index (χ2n) is 15.9. The van der Waals surface area contributed by atoms with Crippen LogP contribution < -0.4 is 16.0 Å². The van der Waals surface area contributed by atoms with E-state index in [0.717, 1.165) is 22.4 Å². The Hall–Kier alpha value is -3.45. The first-order valence-electron chi connectivity index (χ1n) is 18.9. The molecule has 0 bridgehead atoms. The minimum Gasteiger partial charge on any atom is -0.497 e. The number of rotatable bonds is 16. The third kappa shape index (κ3) is 9.24. The molecular formula is C42H58N3O8PSi. The van der Waals surface area contributed by atoms with Crippen molar-refractivity contribution in [3.05, 3.63) is 135 Å². The molecule has 2 heterocycles. The lowest BCUT2D eigenvalue weighted by atomic mass is 9.80. The maximum absolute atomic E-state index is 13.5. The molecule has 5 atom stereocenters. The lowest BCUT2D eigenvalue weighted by molar-refractivity contribution is -0.0942. The minimum atomic E-state index is -2.55. The van der Waals surface area contributed by atoms with E-state index in [2.05, 4.69) is 95.5 Å². The molecule has 1 aliphatic heterocycles. The van der Waals surface area contributed by atoms with E-state index in [1.807, 2.05) is 60.7 Å². The molecule has 0 radical (unpaired) electrons. The van der Waals surface area contributed by atoms with Gasteiger partial charge in [0.15, 0.2) is 14.5 Å². The van der Waals surface area contributed by atoms with Gasteiger partial charge in [0, 0.05) is 31.5 Å². The number of nitrogens with one attached hydrogen (secondary N) is 1. The highest BCUT2D eigenvalue weighted by Crippen LogP contribution is 2.52. The molecule has 1 aromatic heterocycles. The molecule has 0 spiro atoms. The van der Waals surface area contributed by atoms with Gasteiger partial charge in [0.25, 0.3) is 14.1 Å². The Labute approximate surface area is 328 Å². The summed E-state index contributed by atoms with van der Waals surface area (Å²) in [5, 5.41) is -0.190. The molecule has 1 saturated heterocycles. The predicted molar refractivity (Wildman–Crippen MR) is 220 cm³/mol. The Balaban J connectivity index is 1.70. The molecule has 1 fully saturated rings. The van der Waals surface area contributed by atoms with Crippen molar-refractivity contribution in [2.75, 3.05) is 20.8 Å². The second-order valence-corrected chi connectivity index (χ2v) is 22.2. The van der Waals surface area contributed by atoms with Crippen LogP contribution in [0.4, 0.5) is 0 Å². The van der Waals surface area contributed by atoms with Gasteiger partial charge >= 0.3 is 5.69 Å². The Kier molecular flexibility index (Phi) is 13.8. The highest BCUT2D eigenvalue weighted by Gasteiger charge is 2.54. The van der Waals surface area contributed by atoms with Gasteiger partial charge in [0.2, 0.25) is 0 Å². The largest absolute Gasteiger partial charge is 0.497 e. The molecular weight excluding hydrogens is 734 g/mol. The Morgan fingerprint density at radius 1 is 0.818 bits per heavy atom. The number of aromatic nitrogens is 2. The van der Waals surface area contributed by atoms with E-state index in [-0.39, 0.29) is 23.7 Å². The van der Waals surface area contributed by atoms with Crippen molar-refractivity contribution < 1.29 is 27.7 Å². The molecule has 5 rings (SSSR count). The van der Waals surface area contributed by atoms with E-state index in [4.69, 9.17) is 27.7 Å². The summed E-state index contributed by atoms with van der Waals surface area (Å²) in [5.74, 6) is 0.721. The first kappa shape index (κ1) is 42.7. The van der Waals surface area contributed by atoms with Gasteiger partial charge < -0.3 is 27.7 Å². The van der Waals surface area contributed by atoms with Crippen molar-refractivity contribution in [2.24, 2.45) is 0 Å². The fourth-order valence-corrected chi connectivity index (χ4v) is 9.75. The molecule has 1 N–H and O–H groups in total. The zero-order chi connectivity index (χ0) is 40.1. The molecule has 55 heavy (non-hydrogen) atoms. The smallest absolute Gasteiger partial charge is 0.330 e. The average Bonchev–Trinajstić information content (AvgIpc) is 3.46. The molecule has 13 heteroatoms. The van der Waals surface area contributed by atoms with E-state index < -0.39 is 58.2 Å². The number of hydrogen-bond acceptors (Lipinski definition) is 9. The monoisotopic (exact) mass is 791 g/mol. The zero-order valence-corrected chi connectivity index (χ0v) is 35.9. The standard InChI is InChI=1S/C42H58N3O8PSi/c1-29(2)45(30(3)4)54(49-9)52-37-35(51-39(44-27-26-36(46)43-40(44)47)38(37)53-55(10,11)41(5,6)7)28-50-42(31-18-14-12-15-19-31,32-20-16-13-17-21-32)33-22-24-34(48-8)25-23-33/h12-27,29-30,35,37-39H,28H2,1-11H3,(H,43,46,47)/t35-,37-,38-,39-,54?/m1/s1. The molecule has 4 aromatic rings. The maximum Gasteiger partial charge on any atom is 0.330 e. The van der Waals surface area contributed by atoms with E-state index in [9.17, 15) is 9.59 Å². The number of ether oxygens (including phenoxy) is 3. The highest BCUT2D eigenvalue weighted by atomic mass is 31.2. The van der Waals surface area contributed by atoms with Gasteiger partial charge in [0.1, 0.15) is 29.7 Å². The fourth-order valence-electron chi connectivity index (χ4n) is 6.86. The predicted octanol–water partition coefficient (Wildman–Crippen LogP) is 8.22. The Morgan fingerprint density at radius 3 is 1.84 bits per heavy atom. The van der Waals surface area contributed by atoms with Crippen LogP contribution in [0.25, 0.3) is 0 Å². The van der Waals surface area contributed by atoms with Crippen LogP contribution in [0.1, 0.15) is 71.4 Å². The SMILES string of the molecule is COc1ccc(C(OC[C@H]2O[C@@H](n3ccc(=O)[nH]c3=O)[C@H](O[Si](C)(C)C(C)(C)C)[C@@H]2OP(OC)N(C(C)C)C(C)C)(c2ccccc2)c2ccccc2)cc1. The van der Waals surface area contributed by atoms with E-state index in [1.54, 1.807) is 14.2 Å². The number of benzene rings is 3. The quantitative estimate of drug-likeness (QED) is 0.0682. The molecule has 298 valence electrons. The van der Waals surface area contributed by atoms with Crippen molar-refractivity contribution in [1.29, 1.82) is 0 Å². The number of H-pyrrole nitrogens is 1. The number of aromatic amines is 1. The lowest BCUT2D eigenvalue weighted by Crippen LogP contribution is -2.50. The summed E-state index contributed by atoms with van der Waals surface area (Å²) in [7, 11) is -0.892. The van der Waals surface area contributed by atoms with Gasteiger partial charge in [-0.3, -0.25) is 14.3 Å². The number of hydrogen-bond donors (Lipinski definition) is 1. The lowest BCUT2D eigenvalue weighted by Gasteiger charge is -2.42. The van der Waals surface area contributed by atoms with Gasteiger partial charge in [-0.1, -0.05) is 93.6 Å². The third-order valence-electron chi connectivity index (χ3n) is 10.6. The highest BCUT2D eigenvalue weighted by molar-refractivity contribution is 7.44.